The van der Waals surface area contributed by atoms with Crippen LogP contribution in [-0.4, -0.2) is 29.0 Å². The van der Waals surface area contributed by atoms with Crippen LogP contribution in [0, 0.1) is 11.7 Å². The fourth-order valence-electron chi connectivity index (χ4n) is 2.64. The molecule has 0 aromatic heterocycles. The summed E-state index contributed by atoms with van der Waals surface area (Å²) in [4.78, 5) is 2.32. The molecular formula is C14H20FN3O. The van der Waals surface area contributed by atoms with Crippen molar-refractivity contribution in [1.29, 1.82) is 0 Å². The van der Waals surface area contributed by atoms with Gasteiger partial charge in [0.05, 0.1) is 0 Å². The molecule has 0 saturated carbocycles. The van der Waals surface area contributed by atoms with Gasteiger partial charge in [-0.3, -0.25) is 4.90 Å². The number of piperidine rings is 1. The lowest BCUT2D eigenvalue weighted by Crippen LogP contribution is -2.33. The van der Waals surface area contributed by atoms with E-state index in [1.807, 2.05) is 0 Å². The Morgan fingerprint density at radius 1 is 1.53 bits per heavy atom. The average Bonchev–Trinajstić information content (AvgIpc) is 2.37. The molecule has 104 valence electrons. The van der Waals surface area contributed by atoms with E-state index in [4.69, 9.17) is 10.9 Å². The molecule has 3 N–H and O–H groups in total. The van der Waals surface area contributed by atoms with E-state index in [1.54, 1.807) is 6.07 Å². The molecular weight excluding hydrogens is 245 g/mol. The number of benzene rings is 1. The zero-order chi connectivity index (χ0) is 13.8. The number of nitrogens with two attached hydrogens (primary N) is 1. The largest absolute Gasteiger partial charge is 0.409 e. The molecule has 1 heterocycles. The van der Waals surface area contributed by atoms with E-state index in [-0.39, 0.29) is 11.7 Å². The van der Waals surface area contributed by atoms with Crippen molar-refractivity contribution in [3.63, 3.8) is 0 Å². The highest BCUT2D eigenvalue weighted by Gasteiger charge is 2.17. The molecule has 5 heteroatoms. The van der Waals surface area contributed by atoms with Crippen LogP contribution in [0.15, 0.2) is 23.4 Å². The number of likely N-dealkylation sites (tertiary alicyclic amines) is 1. The molecule has 1 aromatic carbocycles. The molecule has 1 unspecified atom stereocenters. The average molecular weight is 265 g/mol. The minimum atomic E-state index is -0.357. The maximum atomic E-state index is 13.5. The lowest BCUT2D eigenvalue weighted by molar-refractivity contribution is 0.176. The summed E-state index contributed by atoms with van der Waals surface area (Å²) in [6.07, 6.45) is 2.44. The maximum Gasteiger partial charge on any atom is 0.170 e. The van der Waals surface area contributed by atoms with Crippen LogP contribution in [-0.2, 0) is 6.54 Å². The normalized spacial score (nSPS) is 21.6. The Labute approximate surface area is 112 Å². The first-order valence-corrected chi connectivity index (χ1v) is 6.58. The monoisotopic (exact) mass is 265 g/mol. The van der Waals surface area contributed by atoms with Crippen LogP contribution < -0.4 is 5.73 Å². The Morgan fingerprint density at radius 3 is 3.00 bits per heavy atom. The standard InChI is InChI=1S/C14H20FN3O/c1-10-3-2-4-18(8-10)9-11-5-12(14(16)17-19)7-13(15)6-11/h5-7,10,19H,2-4,8-9H2,1H3,(H2,16,17). The maximum absolute atomic E-state index is 13.5. The molecule has 2 rings (SSSR count). The van der Waals surface area contributed by atoms with Crippen LogP contribution in [0.1, 0.15) is 30.9 Å². The van der Waals surface area contributed by atoms with Crippen molar-refractivity contribution in [3.05, 3.63) is 35.1 Å². The Balaban J connectivity index is 2.13. The summed E-state index contributed by atoms with van der Waals surface area (Å²) in [6, 6.07) is 4.56. The quantitative estimate of drug-likeness (QED) is 0.381. The van der Waals surface area contributed by atoms with Crippen LogP contribution in [0.2, 0.25) is 0 Å². The number of hydrogen-bond donors (Lipinski definition) is 2. The summed E-state index contributed by atoms with van der Waals surface area (Å²) in [5.74, 6) is 0.266. The molecule has 1 aliphatic heterocycles. The van der Waals surface area contributed by atoms with Gasteiger partial charge in [-0.15, -0.1) is 0 Å². The number of halogens is 1. The zero-order valence-corrected chi connectivity index (χ0v) is 11.1. The van der Waals surface area contributed by atoms with E-state index in [9.17, 15) is 4.39 Å². The summed E-state index contributed by atoms with van der Waals surface area (Å²) < 4.78 is 13.5. The second-order valence-corrected chi connectivity index (χ2v) is 5.32. The van der Waals surface area contributed by atoms with Gasteiger partial charge in [0.1, 0.15) is 5.82 Å². The van der Waals surface area contributed by atoms with Gasteiger partial charge in [-0.25, -0.2) is 4.39 Å². The van der Waals surface area contributed by atoms with E-state index < -0.39 is 0 Å². The first kappa shape index (κ1) is 13.8. The van der Waals surface area contributed by atoms with Crippen LogP contribution >= 0.6 is 0 Å². The first-order valence-electron chi connectivity index (χ1n) is 6.58. The molecule has 0 radical (unpaired) electrons. The van der Waals surface area contributed by atoms with E-state index in [2.05, 4.69) is 17.0 Å². The summed E-state index contributed by atoms with van der Waals surface area (Å²) in [7, 11) is 0. The van der Waals surface area contributed by atoms with E-state index in [0.717, 1.165) is 18.7 Å². The van der Waals surface area contributed by atoms with Gasteiger partial charge < -0.3 is 10.9 Å². The lowest BCUT2D eigenvalue weighted by atomic mass is 9.99. The van der Waals surface area contributed by atoms with Crippen molar-refractivity contribution >= 4 is 5.84 Å². The molecule has 0 spiro atoms. The molecule has 1 atom stereocenters. The van der Waals surface area contributed by atoms with Gasteiger partial charge in [0.25, 0.3) is 0 Å². The van der Waals surface area contributed by atoms with Gasteiger partial charge in [0, 0.05) is 18.7 Å². The molecule has 0 aliphatic carbocycles. The third-order valence-corrected chi connectivity index (χ3v) is 3.51. The van der Waals surface area contributed by atoms with Crippen molar-refractivity contribution in [1.82, 2.24) is 4.90 Å². The van der Waals surface area contributed by atoms with Crippen molar-refractivity contribution in [2.45, 2.75) is 26.3 Å². The zero-order valence-electron chi connectivity index (χ0n) is 11.1. The summed E-state index contributed by atoms with van der Waals surface area (Å²) in [5, 5.41) is 11.6. The topological polar surface area (TPSA) is 61.8 Å². The smallest absolute Gasteiger partial charge is 0.170 e. The highest BCUT2D eigenvalue weighted by Crippen LogP contribution is 2.19. The van der Waals surface area contributed by atoms with Crippen LogP contribution in [0.4, 0.5) is 4.39 Å². The van der Waals surface area contributed by atoms with E-state index >= 15 is 0 Å². The third kappa shape index (κ3) is 3.67. The van der Waals surface area contributed by atoms with Gasteiger partial charge in [-0.05, 0) is 49.1 Å². The predicted octanol–water partition coefficient (Wildman–Crippen LogP) is 2.15. The van der Waals surface area contributed by atoms with E-state index in [1.165, 1.54) is 25.0 Å². The minimum absolute atomic E-state index is 0.0623. The Kier molecular flexibility index (Phi) is 4.37. The SMILES string of the molecule is CC1CCCN(Cc2cc(F)cc(/C(N)=N/O)c2)C1. The van der Waals surface area contributed by atoms with Crippen LogP contribution in [0.3, 0.4) is 0 Å². The van der Waals surface area contributed by atoms with Gasteiger partial charge in [0.15, 0.2) is 5.84 Å². The fourth-order valence-corrected chi connectivity index (χ4v) is 2.64. The van der Waals surface area contributed by atoms with Crippen molar-refractivity contribution < 1.29 is 9.60 Å². The highest BCUT2D eigenvalue weighted by molar-refractivity contribution is 5.97. The Hall–Kier alpha value is -1.62. The third-order valence-electron chi connectivity index (χ3n) is 3.51. The van der Waals surface area contributed by atoms with Gasteiger partial charge in [-0.1, -0.05) is 12.1 Å². The number of hydrogen-bond acceptors (Lipinski definition) is 3. The molecule has 1 aromatic rings. The molecule has 19 heavy (non-hydrogen) atoms. The molecule has 1 saturated heterocycles. The molecule has 1 aliphatic rings. The first-order chi connectivity index (χ1) is 9.08. The van der Waals surface area contributed by atoms with Crippen LogP contribution in [0.25, 0.3) is 0 Å². The summed E-state index contributed by atoms with van der Waals surface area (Å²) in [6.45, 7) is 5.02. The molecule has 4 nitrogen and oxygen atoms in total. The highest BCUT2D eigenvalue weighted by atomic mass is 19.1. The minimum Gasteiger partial charge on any atom is -0.409 e. The Morgan fingerprint density at radius 2 is 2.32 bits per heavy atom. The van der Waals surface area contributed by atoms with Gasteiger partial charge in [-0.2, -0.15) is 0 Å². The van der Waals surface area contributed by atoms with Gasteiger partial charge >= 0.3 is 0 Å². The van der Waals surface area contributed by atoms with E-state index in [0.29, 0.717) is 18.0 Å². The van der Waals surface area contributed by atoms with Crippen molar-refractivity contribution in [2.24, 2.45) is 16.8 Å². The fraction of sp³-hybridized carbons (Fsp3) is 0.500. The summed E-state index contributed by atoms with van der Waals surface area (Å²) >= 11 is 0. The number of amidine groups is 1. The second-order valence-electron chi connectivity index (χ2n) is 5.32. The molecule has 0 bridgehead atoms. The Bertz CT molecular complexity index is 476. The summed E-state index contributed by atoms with van der Waals surface area (Å²) in [5.41, 5.74) is 6.78. The number of rotatable bonds is 3. The molecule has 0 amide bonds. The predicted molar refractivity (Wildman–Crippen MR) is 72.6 cm³/mol. The second kappa shape index (κ2) is 6.02. The van der Waals surface area contributed by atoms with Crippen molar-refractivity contribution in [3.8, 4) is 0 Å². The van der Waals surface area contributed by atoms with Crippen molar-refractivity contribution in [2.75, 3.05) is 13.1 Å². The number of oxime groups is 1. The molecule has 1 fully saturated rings. The lowest BCUT2D eigenvalue weighted by Gasteiger charge is -2.30. The van der Waals surface area contributed by atoms with Gasteiger partial charge in [0.2, 0.25) is 0 Å². The van der Waals surface area contributed by atoms with Crippen LogP contribution in [0.5, 0.6) is 0 Å². The number of nitrogens with zero attached hydrogens (tertiary/aromatic N) is 2.